The average Bonchev–Trinajstić information content (AvgIpc) is 2.85. The number of nitrogens with zero attached hydrogens (tertiary/aromatic N) is 1. The summed E-state index contributed by atoms with van der Waals surface area (Å²) in [7, 11) is 0. The number of carbonyl (C=O) groups is 2. The van der Waals surface area contributed by atoms with E-state index in [9.17, 15) is 9.59 Å². The standard InChI is InChI=1S/C16H24N2O2S/c1-5-16(6-2)15(20)18(10-9-14(19)17-16)12(4)13-8-7-11(3)21-13/h7-8,12H,5-6,9-10H2,1-4H3,(H,17,19). The molecule has 1 aromatic heterocycles. The van der Waals surface area contributed by atoms with E-state index in [1.165, 1.54) is 9.75 Å². The van der Waals surface area contributed by atoms with Gasteiger partial charge in [-0.05, 0) is 38.8 Å². The van der Waals surface area contributed by atoms with Crippen LogP contribution in [0.2, 0.25) is 0 Å². The average molecular weight is 308 g/mol. The molecule has 0 aliphatic carbocycles. The van der Waals surface area contributed by atoms with Gasteiger partial charge >= 0.3 is 0 Å². The Kier molecular flexibility index (Phi) is 4.71. The smallest absolute Gasteiger partial charge is 0.248 e. The maximum absolute atomic E-state index is 13.0. The third-order valence-electron chi connectivity index (χ3n) is 4.48. The van der Waals surface area contributed by atoms with Crippen molar-refractivity contribution >= 4 is 23.2 Å². The third kappa shape index (κ3) is 2.98. The summed E-state index contributed by atoms with van der Waals surface area (Å²) in [5.74, 6) is 0.0287. The van der Waals surface area contributed by atoms with E-state index in [4.69, 9.17) is 0 Å². The van der Waals surface area contributed by atoms with Crippen molar-refractivity contribution in [2.75, 3.05) is 6.54 Å². The Labute approximate surface area is 130 Å². The molecular formula is C16H24N2O2S. The summed E-state index contributed by atoms with van der Waals surface area (Å²) in [5.41, 5.74) is -0.742. The zero-order chi connectivity index (χ0) is 15.6. The molecule has 0 bridgehead atoms. The minimum absolute atomic E-state index is 0.0152. The largest absolute Gasteiger partial charge is 0.342 e. The monoisotopic (exact) mass is 308 g/mol. The van der Waals surface area contributed by atoms with Crippen molar-refractivity contribution in [3.8, 4) is 0 Å². The van der Waals surface area contributed by atoms with Crippen molar-refractivity contribution in [2.24, 2.45) is 0 Å². The number of thiophene rings is 1. The first kappa shape index (κ1) is 16.0. The van der Waals surface area contributed by atoms with E-state index >= 15 is 0 Å². The van der Waals surface area contributed by atoms with Crippen molar-refractivity contribution in [2.45, 2.75) is 58.5 Å². The van der Waals surface area contributed by atoms with E-state index < -0.39 is 5.54 Å². The van der Waals surface area contributed by atoms with Crippen LogP contribution in [0.1, 0.15) is 55.8 Å². The Bertz CT molecular complexity index is 534. The summed E-state index contributed by atoms with van der Waals surface area (Å²) < 4.78 is 0. The van der Waals surface area contributed by atoms with Gasteiger partial charge in [-0.1, -0.05) is 13.8 Å². The number of amides is 2. The van der Waals surface area contributed by atoms with Crippen molar-refractivity contribution in [1.29, 1.82) is 0 Å². The summed E-state index contributed by atoms with van der Waals surface area (Å²) in [6.45, 7) is 8.54. The van der Waals surface area contributed by atoms with Crippen LogP contribution in [0.3, 0.4) is 0 Å². The molecule has 116 valence electrons. The van der Waals surface area contributed by atoms with Gasteiger partial charge in [0.1, 0.15) is 5.54 Å². The van der Waals surface area contributed by atoms with E-state index in [1.54, 1.807) is 11.3 Å². The van der Waals surface area contributed by atoms with Crippen molar-refractivity contribution in [3.63, 3.8) is 0 Å². The summed E-state index contributed by atoms with van der Waals surface area (Å²) in [4.78, 5) is 29.3. The number of aryl methyl sites for hydroxylation is 1. The van der Waals surface area contributed by atoms with E-state index in [0.717, 1.165) is 0 Å². The molecule has 5 heteroatoms. The van der Waals surface area contributed by atoms with Crippen LogP contribution in [-0.4, -0.2) is 28.8 Å². The highest BCUT2D eigenvalue weighted by Crippen LogP contribution is 2.32. The highest BCUT2D eigenvalue weighted by molar-refractivity contribution is 7.12. The van der Waals surface area contributed by atoms with Crippen LogP contribution in [0.15, 0.2) is 12.1 Å². The summed E-state index contributed by atoms with van der Waals surface area (Å²) in [5, 5.41) is 2.96. The lowest BCUT2D eigenvalue weighted by Crippen LogP contribution is -2.56. The van der Waals surface area contributed by atoms with Crippen LogP contribution in [0.25, 0.3) is 0 Å². The lowest BCUT2D eigenvalue weighted by molar-refractivity contribution is -0.141. The second-order valence-electron chi connectivity index (χ2n) is 5.71. The van der Waals surface area contributed by atoms with Crippen LogP contribution in [-0.2, 0) is 9.59 Å². The maximum Gasteiger partial charge on any atom is 0.248 e. The lowest BCUT2D eigenvalue weighted by Gasteiger charge is -2.36. The molecule has 0 spiro atoms. The molecule has 1 atom stereocenters. The zero-order valence-corrected chi connectivity index (χ0v) is 14.0. The molecular weight excluding hydrogens is 284 g/mol. The Morgan fingerprint density at radius 3 is 2.52 bits per heavy atom. The van der Waals surface area contributed by atoms with Gasteiger partial charge in [-0.2, -0.15) is 0 Å². The van der Waals surface area contributed by atoms with Gasteiger partial charge in [-0.15, -0.1) is 11.3 Å². The Balaban J connectivity index is 2.33. The minimum atomic E-state index is -0.742. The first-order chi connectivity index (χ1) is 9.93. The van der Waals surface area contributed by atoms with Crippen molar-refractivity contribution < 1.29 is 9.59 Å². The van der Waals surface area contributed by atoms with Gasteiger partial charge in [0.05, 0.1) is 6.04 Å². The normalized spacial score (nSPS) is 20.1. The quantitative estimate of drug-likeness (QED) is 0.929. The van der Waals surface area contributed by atoms with Gasteiger partial charge in [0.15, 0.2) is 0 Å². The zero-order valence-electron chi connectivity index (χ0n) is 13.2. The molecule has 2 amide bonds. The number of hydrogen-bond donors (Lipinski definition) is 1. The van der Waals surface area contributed by atoms with Crippen LogP contribution in [0, 0.1) is 6.92 Å². The van der Waals surface area contributed by atoms with E-state index in [0.29, 0.717) is 25.8 Å². The number of nitrogens with one attached hydrogen (secondary N) is 1. The van der Waals surface area contributed by atoms with E-state index in [1.807, 2.05) is 18.7 Å². The first-order valence-electron chi connectivity index (χ1n) is 7.62. The predicted molar refractivity (Wildman–Crippen MR) is 85.3 cm³/mol. The lowest BCUT2D eigenvalue weighted by atomic mass is 9.90. The van der Waals surface area contributed by atoms with Crippen molar-refractivity contribution in [1.82, 2.24) is 10.2 Å². The minimum Gasteiger partial charge on any atom is -0.342 e. The van der Waals surface area contributed by atoms with Gasteiger partial charge in [-0.3, -0.25) is 9.59 Å². The Morgan fingerprint density at radius 2 is 2.00 bits per heavy atom. The molecule has 0 saturated carbocycles. The highest BCUT2D eigenvalue weighted by Gasteiger charge is 2.43. The summed E-state index contributed by atoms with van der Waals surface area (Å²) in [6.07, 6.45) is 1.63. The number of rotatable bonds is 4. The highest BCUT2D eigenvalue weighted by atomic mass is 32.1. The SMILES string of the molecule is CCC1(CC)NC(=O)CCN(C(C)c2ccc(C)s2)C1=O. The molecule has 2 rings (SSSR count). The Morgan fingerprint density at radius 1 is 1.33 bits per heavy atom. The molecule has 0 aromatic carbocycles. The predicted octanol–water partition coefficient (Wildman–Crippen LogP) is 3.02. The second kappa shape index (κ2) is 6.18. The number of carbonyl (C=O) groups excluding carboxylic acids is 2. The van der Waals surface area contributed by atoms with Crippen LogP contribution in [0.4, 0.5) is 0 Å². The molecule has 0 radical (unpaired) electrons. The molecule has 1 unspecified atom stereocenters. The molecule has 4 nitrogen and oxygen atoms in total. The molecule has 1 aliphatic heterocycles. The van der Waals surface area contributed by atoms with E-state index in [-0.39, 0.29) is 17.9 Å². The molecule has 21 heavy (non-hydrogen) atoms. The Hall–Kier alpha value is -1.36. The first-order valence-corrected chi connectivity index (χ1v) is 8.43. The van der Waals surface area contributed by atoms with Crippen LogP contribution in [0.5, 0.6) is 0 Å². The topological polar surface area (TPSA) is 49.4 Å². The fourth-order valence-electron chi connectivity index (χ4n) is 2.91. The second-order valence-corrected chi connectivity index (χ2v) is 7.03. The maximum atomic E-state index is 13.0. The molecule has 1 N–H and O–H groups in total. The molecule has 1 saturated heterocycles. The van der Waals surface area contributed by atoms with Crippen LogP contribution >= 0.6 is 11.3 Å². The van der Waals surface area contributed by atoms with Crippen molar-refractivity contribution in [3.05, 3.63) is 21.9 Å². The van der Waals surface area contributed by atoms with Crippen LogP contribution < -0.4 is 5.32 Å². The summed E-state index contributed by atoms with van der Waals surface area (Å²) >= 11 is 1.72. The number of hydrogen-bond acceptors (Lipinski definition) is 3. The molecule has 1 aromatic rings. The van der Waals surface area contributed by atoms with Gasteiger partial charge < -0.3 is 10.2 Å². The molecule has 1 aliphatic rings. The third-order valence-corrected chi connectivity index (χ3v) is 5.65. The molecule has 1 fully saturated rings. The van der Waals surface area contributed by atoms with Gasteiger partial charge in [0.25, 0.3) is 0 Å². The molecule has 2 heterocycles. The van der Waals surface area contributed by atoms with Gasteiger partial charge in [-0.25, -0.2) is 0 Å². The fraction of sp³-hybridized carbons (Fsp3) is 0.625. The van der Waals surface area contributed by atoms with Gasteiger partial charge in [0.2, 0.25) is 11.8 Å². The van der Waals surface area contributed by atoms with E-state index in [2.05, 4.69) is 31.3 Å². The fourth-order valence-corrected chi connectivity index (χ4v) is 3.85. The van der Waals surface area contributed by atoms with Gasteiger partial charge in [0, 0.05) is 22.7 Å². The summed E-state index contributed by atoms with van der Waals surface area (Å²) in [6, 6.07) is 4.17.